The van der Waals surface area contributed by atoms with Crippen molar-refractivity contribution in [3.05, 3.63) is 0 Å². The molecule has 0 rings (SSSR count). The maximum Gasteiger partial charge on any atom is 0.258 e. The van der Waals surface area contributed by atoms with Gasteiger partial charge in [-0.3, -0.25) is 9.39 Å². The third kappa shape index (κ3) is 2.69. The van der Waals surface area contributed by atoms with Gasteiger partial charge in [-0.25, -0.2) is 4.21 Å². The van der Waals surface area contributed by atoms with Crippen LogP contribution in [0.25, 0.3) is 0 Å². The predicted molar refractivity (Wildman–Crippen MR) is 25.5 cm³/mol. The van der Waals surface area contributed by atoms with Crippen molar-refractivity contribution >= 4 is 11.3 Å². The summed E-state index contributed by atoms with van der Waals surface area (Å²) in [6.07, 6.45) is 0. The van der Waals surface area contributed by atoms with Crippen LogP contribution in [0.1, 0.15) is 0 Å². The summed E-state index contributed by atoms with van der Waals surface area (Å²) in [6, 6.07) is 0. The van der Waals surface area contributed by atoms with E-state index in [0.717, 1.165) is 4.47 Å². The van der Waals surface area contributed by atoms with Crippen LogP contribution in [0.3, 0.4) is 0 Å². The van der Waals surface area contributed by atoms with Gasteiger partial charge in [0.05, 0.1) is 7.11 Å². The van der Waals surface area contributed by atoms with Crippen molar-refractivity contribution in [3.63, 3.8) is 0 Å². The van der Waals surface area contributed by atoms with E-state index in [4.69, 9.17) is 4.55 Å². The van der Waals surface area contributed by atoms with E-state index in [-0.39, 0.29) is 0 Å². The Morgan fingerprint density at radius 2 is 2.29 bits per heavy atom. The Bertz CT molecular complexity index is 75.3. The van der Waals surface area contributed by atoms with Crippen molar-refractivity contribution in [1.29, 1.82) is 0 Å². The van der Waals surface area contributed by atoms with Crippen LogP contribution in [0.2, 0.25) is 0 Å². The van der Waals surface area contributed by atoms with Crippen LogP contribution in [0.15, 0.2) is 0 Å². The topological polar surface area (TPSA) is 49.8 Å². The van der Waals surface area contributed by atoms with Crippen molar-refractivity contribution in [2.75, 3.05) is 14.2 Å². The van der Waals surface area contributed by atoms with Gasteiger partial charge < -0.3 is 0 Å². The lowest BCUT2D eigenvalue weighted by Crippen LogP contribution is -2.18. The summed E-state index contributed by atoms with van der Waals surface area (Å²) >= 11 is -2.00. The van der Waals surface area contributed by atoms with E-state index in [1.54, 1.807) is 0 Å². The smallest absolute Gasteiger partial charge is 0.258 e. The minimum absolute atomic E-state index is 0.819. The van der Waals surface area contributed by atoms with Gasteiger partial charge >= 0.3 is 0 Å². The second kappa shape index (κ2) is 3.09. The predicted octanol–water partition coefficient (Wildman–Crippen LogP) is -0.384. The molecule has 1 unspecified atom stereocenters. The van der Waals surface area contributed by atoms with Crippen LogP contribution in [0.4, 0.5) is 0 Å². The molecule has 0 radical (unpaired) electrons. The molecule has 0 aliphatic carbocycles. The lowest BCUT2D eigenvalue weighted by Gasteiger charge is -2.04. The van der Waals surface area contributed by atoms with Gasteiger partial charge in [0, 0.05) is 7.05 Å². The van der Waals surface area contributed by atoms with Crippen molar-refractivity contribution < 1.29 is 13.6 Å². The molecule has 0 aliphatic rings. The third-order valence-corrected chi connectivity index (χ3v) is 1.07. The average molecular weight is 125 g/mol. The highest BCUT2D eigenvalue weighted by Crippen LogP contribution is 1.81. The zero-order valence-electron chi connectivity index (χ0n) is 4.12. The summed E-state index contributed by atoms with van der Waals surface area (Å²) in [6.45, 7) is 0. The summed E-state index contributed by atoms with van der Waals surface area (Å²) < 4.78 is 18.8. The highest BCUT2D eigenvalue weighted by Gasteiger charge is 1.97. The fourth-order valence-corrected chi connectivity index (χ4v) is 0.191. The number of hydrogen-bond donors (Lipinski definition) is 1. The average Bonchev–Trinajstić information content (AvgIpc) is 1.65. The monoisotopic (exact) mass is 125 g/mol. The lowest BCUT2D eigenvalue weighted by atomic mass is 11.5. The molecule has 0 aliphatic heterocycles. The number of hydroxylamine groups is 1. The molecule has 1 atom stereocenters. The molecule has 5 heteroatoms. The van der Waals surface area contributed by atoms with Gasteiger partial charge in [-0.1, -0.05) is 4.47 Å². The van der Waals surface area contributed by atoms with Crippen molar-refractivity contribution in [2.24, 2.45) is 0 Å². The first-order valence-electron chi connectivity index (χ1n) is 1.57. The molecular formula is C2H7NO3S. The largest absolute Gasteiger partial charge is 0.292 e. The lowest BCUT2D eigenvalue weighted by molar-refractivity contribution is -0.0269. The van der Waals surface area contributed by atoms with Gasteiger partial charge in [0.25, 0.3) is 11.3 Å². The quantitative estimate of drug-likeness (QED) is 0.404. The van der Waals surface area contributed by atoms with Gasteiger partial charge in [-0.05, 0) is 0 Å². The first-order valence-corrected chi connectivity index (χ1v) is 2.63. The molecule has 0 heterocycles. The molecule has 7 heavy (non-hydrogen) atoms. The Hall–Kier alpha value is 0.0300. The molecule has 0 aromatic heterocycles. The second-order valence-electron chi connectivity index (χ2n) is 0.853. The Labute approximate surface area is 44.4 Å². The molecule has 0 amide bonds. The summed E-state index contributed by atoms with van der Waals surface area (Å²) in [7, 11) is 2.67. The zero-order chi connectivity index (χ0) is 5.86. The molecule has 0 fully saturated rings. The van der Waals surface area contributed by atoms with Crippen LogP contribution < -0.4 is 0 Å². The molecule has 0 saturated heterocycles. The Morgan fingerprint density at radius 3 is 2.29 bits per heavy atom. The van der Waals surface area contributed by atoms with Crippen LogP contribution in [-0.4, -0.2) is 27.4 Å². The Balaban J connectivity index is 3.34. The number of nitrogens with zero attached hydrogens (tertiary/aromatic N) is 1. The summed E-state index contributed by atoms with van der Waals surface area (Å²) in [5, 5.41) is 0. The van der Waals surface area contributed by atoms with Crippen LogP contribution in [-0.2, 0) is 16.1 Å². The molecule has 0 spiro atoms. The summed E-state index contributed by atoms with van der Waals surface area (Å²) in [5.74, 6) is 0. The summed E-state index contributed by atoms with van der Waals surface area (Å²) in [5.41, 5.74) is 0. The first-order chi connectivity index (χ1) is 3.18. The fraction of sp³-hybridized carbons (Fsp3) is 1.00. The number of rotatable bonds is 2. The van der Waals surface area contributed by atoms with Gasteiger partial charge in [0.1, 0.15) is 0 Å². The molecule has 0 bridgehead atoms. The van der Waals surface area contributed by atoms with Crippen molar-refractivity contribution in [1.82, 2.24) is 4.47 Å². The van der Waals surface area contributed by atoms with Crippen LogP contribution in [0.5, 0.6) is 0 Å². The SMILES string of the molecule is CON(C)S(=O)O. The molecular weight excluding hydrogens is 118 g/mol. The minimum Gasteiger partial charge on any atom is -0.292 e. The van der Waals surface area contributed by atoms with E-state index in [0.29, 0.717) is 0 Å². The van der Waals surface area contributed by atoms with Gasteiger partial charge in [-0.2, -0.15) is 0 Å². The number of hydrogen-bond acceptors (Lipinski definition) is 2. The minimum atomic E-state index is -2.00. The van der Waals surface area contributed by atoms with E-state index in [1.165, 1.54) is 14.2 Å². The van der Waals surface area contributed by atoms with E-state index < -0.39 is 11.3 Å². The van der Waals surface area contributed by atoms with E-state index in [9.17, 15) is 4.21 Å². The molecule has 0 saturated carbocycles. The van der Waals surface area contributed by atoms with E-state index in [1.807, 2.05) is 0 Å². The maximum absolute atomic E-state index is 9.84. The Kier molecular flexibility index (Phi) is 3.10. The highest BCUT2D eigenvalue weighted by molar-refractivity contribution is 7.76. The molecule has 0 aromatic rings. The Morgan fingerprint density at radius 1 is 1.86 bits per heavy atom. The fourth-order valence-electron chi connectivity index (χ4n) is 0.0638. The zero-order valence-corrected chi connectivity index (χ0v) is 4.94. The first kappa shape index (κ1) is 7.03. The highest BCUT2D eigenvalue weighted by atomic mass is 32.2. The van der Waals surface area contributed by atoms with Crippen LogP contribution in [0, 0.1) is 0 Å². The second-order valence-corrected chi connectivity index (χ2v) is 1.83. The third-order valence-electron chi connectivity index (χ3n) is 0.477. The normalized spacial score (nSPS) is 14.9. The van der Waals surface area contributed by atoms with Gasteiger partial charge in [-0.15, -0.1) is 0 Å². The molecule has 1 N–H and O–H groups in total. The molecule has 44 valence electrons. The van der Waals surface area contributed by atoms with Gasteiger partial charge in [0.2, 0.25) is 0 Å². The van der Waals surface area contributed by atoms with Crippen molar-refractivity contribution in [3.8, 4) is 0 Å². The molecule has 4 nitrogen and oxygen atoms in total. The van der Waals surface area contributed by atoms with Crippen LogP contribution >= 0.6 is 0 Å². The molecule has 0 aromatic carbocycles. The standard InChI is InChI=1S/C2H7NO3S/c1-3(6-2)7(4)5/h1-2H3,(H,4,5). The summed E-state index contributed by atoms with van der Waals surface area (Å²) in [4.78, 5) is 4.29. The van der Waals surface area contributed by atoms with E-state index in [2.05, 4.69) is 4.84 Å². The van der Waals surface area contributed by atoms with Gasteiger partial charge in [0.15, 0.2) is 0 Å². The van der Waals surface area contributed by atoms with E-state index >= 15 is 0 Å². The van der Waals surface area contributed by atoms with Crippen molar-refractivity contribution in [2.45, 2.75) is 0 Å². The maximum atomic E-state index is 9.84.